The van der Waals surface area contributed by atoms with Crippen LogP contribution in [-0.2, 0) is 9.59 Å². The number of benzene rings is 1. The second-order valence-electron chi connectivity index (χ2n) is 5.79. The zero-order valence-corrected chi connectivity index (χ0v) is 14.9. The van der Waals surface area contributed by atoms with Gasteiger partial charge in [-0.1, -0.05) is 23.2 Å². The first-order valence-corrected chi connectivity index (χ1v) is 8.40. The van der Waals surface area contributed by atoms with E-state index in [0.717, 1.165) is 12.8 Å². The van der Waals surface area contributed by atoms with Gasteiger partial charge in [-0.3, -0.25) is 14.5 Å². The fraction of sp³-hybridized carbons (Fsp3) is 0.500. The number of likely N-dealkylation sites (N-methyl/N-ethyl adjacent to an activating group) is 1. The third-order valence-electron chi connectivity index (χ3n) is 4.08. The number of carbonyl (C=O) groups is 2. The van der Waals surface area contributed by atoms with Crippen LogP contribution >= 0.6 is 23.2 Å². The highest BCUT2D eigenvalue weighted by Gasteiger charge is 2.26. The SMILES string of the molecule is CN(CC(=O)O)C1CCN(C(=O)COc2ccc(Cl)c(Cl)c2)CC1. The summed E-state index contributed by atoms with van der Waals surface area (Å²) in [5.41, 5.74) is 0. The number of carboxylic acid groups (broad SMARTS) is 1. The molecule has 1 saturated heterocycles. The maximum atomic E-state index is 12.2. The van der Waals surface area contributed by atoms with Gasteiger partial charge in [-0.15, -0.1) is 0 Å². The number of hydrogen-bond donors (Lipinski definition) is 1. The summed E-state index contributed by atoms with van der Waals surface area (Å²) in [6.45, 7) is 1.14. The van der Waals surface area contributed by atoms with Gasteiger partial charge in [-0.05, 0) is 32.0 Å². The zero-order chi connectivity index (χ0) is 17.7. The van der Waals surface area contributed by atoms with E-state index in [4.69, 9.17) is 33.0 Å². The highest BCUT2D eigenvalue weighted by atomic mass is 35.5. The van der Waals surface area contributed by atoms with Gasteiger partial charge in [0.2, 0.25) is 0 Å². The lowest BCUT2D eigenvalue weighted by Crippen LogP contribution is -2.47. The van der Waals surface area contributed by atoms with E-state index >= 15 is 0 Å². The number of carboxylic acids is 1. The van der Waals surface area contributed by atoms with Crippen molar-refractivity contribution in [1.29, 1.82) is 0 Å². The molecule has 0 aromatic heterocycles. The molecule has 0 spiro atoms. The quantitative estimate of drug-likeness (QED) is 0.827. The van der Waals surface area contributed by atoms with E-state index in [1.54, 1.807) is 30.1 Å². The number of aliphatic carboxylic acids is 1. The summed E-state index contributed by atoms with van der Waals surface area (Å²) in [6.07, 6.45) is 1.50. The predicted molar refractivity (Wildman–Crippen MR) is 91.8 cm³/mol. The molecule has 0 atom stereocenters. The fourth-order valence-electron chi connectivity index (χ4n) is 2.70. The van der Waals surface area contributed by atoms with E-state index in [0.29, 0.717) is 28.9 Å². The maximum absolute atomic E-state index is 12.2. The lowest BCUT2D eigenvalue weighted by molar-refractivity contribution is -0.140. The van der Waals surface area contributed by atoms with Gasteiger partial charge in [-0.2, -0.15) is 0 Å². The monoisotopic (exact) mass is 374 g/mol. The Morgan fingerprint density at radius 2 is 1.96 bits per heavy atom. The summed E-state index contributed by atoms with van der Waals surface area (Å²) in [6, 6.07) is 5.04. The number of piperidine rings is 1. The molecule has 1 aliphatic rings. The molecule has 2 rings (SSSR count). The lowest BCUT2D eigenvalue weighted by atomic mass is 10.0. The van der Waals surface area contributed by atoms with Gasteiger partial charge in [0.05, 0.1) is 16.6 Å². The average molecular weight is 375 g/mol. The van der Waals surface area contributed by atoms with E-state index in [2.05, 4.69) is 0 Å². The smallest absolute Gasteiger partial charge is 0.317 e. The van der Waals surface area contributed by atoms with E-state index in [1.165, 1.54) is 0 Å². The van der Waals surface area contributed by atoms with Crippen LogP contribution < -0.4 is 4.74 Å². The van der Waals surface area contributed by atoms with Crippen molar-refractivity contribution in [2.45, 2.75) is 18.9 Å². The summed E-state index contributed by atoms with van der Waals surface area (Å²) in [4.78, 5) is 26.5. The van der Waals surface area contributed by atoms with Crippen LogP contribution in [0.5, 0.6) is 5.75 Å². The summed E-state index contributed by atoms with van der Waals surface area (Å²) in [5, 5.41) is 9.64. The molecule has 1 aliphatic heterocycles. The van der Waals surface area contributed by atoms with E-state index in [9.17, 15) is 9.59 Å². The number of rotatable bonds is 6. The molecule has 1 aromatic carbocycles. The Hall–Kier alpha value is -1.50. The van der Waals surface area contributed by atoms with Crippen molar-refractivity contribution in [3.63, 3.8) is 0 Å². The van der Waals surface area contributed by atoms with Crippen molar-refractivity contribution >= 4 is 35.1 Å². The van der Waals surface area contributed by atoms with Gasteiger partial charge >= 0.3 is 5.97 Å². The minimum Gasteiger partial charge on any atom is -0.484 e. The van der Waals surface area contributed by atoms with Crippen LogP contribution in [0.1, 0.15) is 12.8 Å². The minimum atomic E-state index is -0.842. The number of carbonyl (C=O) groups excluding carboxylic acids is 1. The largest absolute Gasteiger partial charge is 0.484 e. The Morgan fingerprint density at radius 3 is 2.54 bits per heavy atom. The van der Waals surface area contributed by atoms with Crippen LogP contribution in [0, 0.1) is 0 Å². The second kappa shape index (κ2) is 8.55. The zero-order valence-electron chi connectivity index (χ0n) is 13.4. The molecule has 0 saturated carbocycles. The number of amides is 1. The molecule has 1 aromatic rings. The fourth-order valence-corrected chi connectivity index (χ4v) is 2.99. The van der Waals surface area contributed by atoms with E-state index < -0.39 is 5.97 Å². The van der Waals surface area contributed by atoms with Crippen LogP contribution in [0.3, 0.4) is 0 Å². The van der Waals surface area contributed by atoms with Crippen molar-refractivity contribution < 1.29 is 19.4 Å². The van der Waals surface area contributed by atoms with Gasteiger partial charge in [0.1, 0.15) is 5.75 Å². The lowest BCUT2D eigenvalue weighted by Gasteiger charge is -2.36. The molecule has 24 heavy (non-hydrogen) atoms. The molecule has 0 radical (unpaired) electrons. The van der Waals surface area contributed by atoms with E-state index in [1.807, 2.05) is 4.90 Å². The Labute approximate surface area is 150 Å². The third-order valence-corrected chi connectivity index (χ3v) is 4.82. The highest BCUT2D eigenvalue weighted by molar-refractivity contribution is 6.42. The molecule has 1 fully saturated rings. The molecule has 6 nitrogen and oxygen atoms in total. The topological polar surface area (TPSA) is 70.1 Å². The van der Waals surface area contributed by atoms with Crippen molar-refractivity contribution in [2.75, 3.05) is 33.3 Å². The summed E-state index contributed by atoms with van der Waals surface area (Å²) < 4.78 is 5.46. The summed E-state index contributed by atoms with van der Waals surface area (Å²) >= 11 is 11.7. The average Bonchev–Trinajstić information content (AvgIpc) is 2.55. The van der Waals surface area contributed by atoms with Gasteiger partial charge in [0, 0.05) is 25.2 Å². The number of halogens is 2. The third kappa shape index (κ3) is 5.26. The van der Waals surface area contributed by atoms with Crippen molar-refractivity contribution in [1.82, 2.24) is 9.80 Å². The number of ether oxygens (including phenoxy) is 1. The molecule has 0 unspecified atom stereocenters. The van der Waals surface area contributed by atoms with Gasteiger partial charge in [0.15, 0.2) is 6.61 Å². The first kappa shape index (κ1) is 18.8. The minimum absolute atomic E-state index is 0.0129. The number of hydrogen-bond acceptors (Lipinski definition) is 4. The molecule has 1 N–H and O–H groups in total. The standard InChI is InChI=1S/C16H20Cl2N2O4/c1-19(9-16(22)23)11-4-6-20(7-5-11)15(21)10-24-12-2-3-13(17)14(18)8-12/h2-3,8,11H,4-7,9-10H2,1H3,(H,22,23). The van der Waals surface area contributed by atoms with Crippen molar-refractivity contribution in [3.05, 3.63) is 28.2 Å². The first-order valence-electron chi connectivity index (χ1n) is 7.64. The number of nitrogens with zero attached hydrogens (tertiary/aromatic N) is 2. The highest BCUT2D eigenvalue weighted by Crippen LogP contribution is 2.26. The Morgan fingerprint density at radius 1 is 1.29 bits per heavy atom. The maximum Gasteiger partial charge on any atom is 0.317 e. The molecule has 0 bridgehead atoms. The van der Waals surface area contributed by atoms with Crippen molar-refractivity contribution in [3.8, 4) is 5.75 Å². The van der Waals surface area contributed by atoms with Crippen LogP contribution in [0.4, 0.5) is 0 Å². The Kier molecular flexibility index (Phi) is 6.71. The van der Waals surface area contributed by atoms with Gasteiger partial charge < -0.3 is 14.7 Å². The Bertz CT molecular complexity index is 604. The van der Waals surface area contributed by atoms with Crippen LogP contribution in [0.2, 0.25) is 10.0 Å². The van der Waals surface area contributed by atoms with E-state index in [-0.39, 0.29) is 25.1 Å². The van der Waals surface area contributed by atoms with Crippen LogP contribution in [0.25, 0.3) is 0 Å². The molecule has 132 valence electrons. The second-order valence-corrected chi connectivity index (χ2v) is 6.60. The van der Waals surface area contributed by atoms with Gasteiger partial charge in [0.25, 0.3) is 5.91 Å². The first-order chi connectivity index (χ1) is 11.4. The molecule has 0 aliphatic carbocycles. The Balaban J connectivity index is 1.78. The predicted octanol–water partition coefficient (Wildman–Crippen LogP) is 2.38. The number of likely N-dealkylation sites (tertiary alicyclic amines) is 1. The molecular formula is C16H20Cl2N2O4. The van der Waals surface area contributed by atoms with Crippen molar-refractivity contribution in [2.24, 2.45) is 0 Å². The normalized spacial score (nSPS) is 15.6. The molecular weight excluding hydrogens is 355 g/mol. The van der Waals surface area contributed by atoms with Crippen LogP contribution in [-0.4, -0.2) is 66.1 Å². The molecule has 1 amide bonds. The summed E-state index contributed by atoms with van der Waals surface area (Å²) in [7, 11) is 1.80. The van der Waals surface area contributed by atoms with Gasteiger partial charge in [-0.25, -0.2) is 0 Å². The molecule has 1 heterocycles. The summed E-state index contributed by atoms with van der Waals surface area (Å²) in [5.74, 6) is -0.444. The molecule has 8 heteroatoms. The van der Waals surface area contributed by atoms with Crippen LogP contribution in [0.15, 0.2) is 18.2 Å².